The monoisotopic (exact) mass is 681 g/mol. The zero-order valence-corrected chi connectivity index (χ0v) is 28.6. The number of nitrogens with one attached hydrogen (secondary N) is 2. The molecule has 2 bridgehead atoms. The van der Waals surface area contributed by atoms with Gasteiger partial charge in [0, 0.05) is 50.1 Å². The number of amides is 2. The van der Waals surface area contributed by atoms with Gasteiger partial charge in [-0.2, -0.15) is 0 Å². The highest BCUT2D eigenvalue weighted by Crippen LogP contribution is 2.35. The van der Waals surface area contributed by atoms with E-state index in [-0.39, 0.29) is 60.4 Å². The number of nitrogens with two attached hydrogens (primary N) is 1. The third-order valence-corrected chi connectivity index (χ3v) is 8.87. The number of rotatable bonds is 9. The molecule has 0 aromatic heterocycles. The van der Waals surface area contributed by atoms with E-state index in [1.807, 2.05) is 6.92 Å². The quantitative estimate of drug-likeness (QED) is 0.0893. The molecule has 14 nitrogen and oxygen atoms in total. The highest BCUT2D eigenvalue weighted by molar-refractivity contribution is 7.51. The number of carbonyl (C=O) groups excluding carboxylic acids is 4. The topological polar surface area (TPSA) is 224 Å². The Labute approximate surface area is 275 Å². The number of fused-ring (bicyclic) bond motifs is 2. The molecule has 1 aliphatic carbocycles. The summed E-state index contributed by atoms with van der Waals surface area (Å²) in [6.45, 7) is 7.01. The molecule has 0 unspecified atom stereocenters. The first-order valence-corrected chi connectivity index (χ1v) is 17.2. The molecule has 1 aliphatic heterocycles. The summed E-state index contributed by atoms with van der Waals surface area (Å²) in [6, 6.07) is 0. The van der Waals surface area contributed by atoms with Gasteiger partial charge in [-0.1, -0.05) is 38.2 Å². The molecule has 0 aromatic carbocycles. The summed E-state index contributed by atoms with van der Waals surface area (Å²) in [5.41, 5.74) is 6.07. The minimum absolute atomic E-state index is 0.0460. The number of Topliss-reactive ketones (excluding diaryl/α,β-unsaturated/α-hetero) is 1. The molecule has 0 saturated heterocycles. The highest BCUT2D eigenvalue weighted by Gasteiger charge is 2.33. The van der Waals surface area contributed by atoms with Gasteiger partial charge in [0.2, 0.25) is 11.6 Å². The van der Waals surface area contributed by atoms with E-state index < -0.39 is 61.5 Å². The van der Waals surface area contributed by atoms with Crippen LogP contribution in [-0.4, -0.2) is 89.8 Å². The third kappa shape index (κ3) is 12.3. The van der Waals surface area contributed by atoms with Crippen molar-refractivity contribution in [1.82, 2.24) is 10.6 Å². The van der Waals surface area contributed by atoms with E-state index >= 15 is 0 Å². The van der Waals surface area contributed by atoms with Crippen LogP contribution in [-0.2, 0) is 33.2 Å². The van der Waals surface area contributed by atoms with Gasteiger partial charge in [0.15, 0.2) is 6.10 Å². The molecule has 0 spiro atoms. The summed E-state index contributed by atoms with van der Waals surface area (Å²) >= 11 is 0. The van der Waals surface area contributed by atoms with Gasteiger partial charge in [0.1, 0.15) is 6.10 Å². The Morgan fingerprint density at radius 1 is 1.13 bits per heavy atom. The summed E-state index contributed by atoms with van der Waals surface area (Å²) in [5.74, 6) is -2.51. The molecule has 262 valence electrons. The molecule has 2 amide bonds. The fourth-order valence-electron chi connectivity index (χ4n) is 5.43. The van der Waals surface area contributed by atoms with Crippen molar-refractivity contribution in [1.29, 1.82) is 0 Å². The molecule has 0 aromatic rings. The van der Waals surface area contributed by atoms with E-state index in [0.29, 0.717) is 12.0 Å². The van der Waals surface area contributed by atoms with Crippen LogP contribution in [0, 0.1) is 11.8 Å². The number of hydrogen-bond donors (Lipinski definition) is 6. The van der Waals surface area contributed by atoms with Crippen LogP contribution in [0.5, 0.6) is 0 Å². The Hall–Kier alpha value is -3.39. The molecule has 47 heavy (non-hydrogen) atoms. The van der Waals surface area contributed by atoms with Crippen molar-refractivity contribution >= 4 is 31.2 Å². The fraction of sp³-hybridized carbons (Fsp3) is 0.562. The van der Waals surface area contributed by atoms with E-state index in [1.54, 1.807) is 26.0 Å². The number of methoxy groups -OCH3 is 2. The van der Waals surface area contributed by atoms with E-state index in [9.17, 15) is 28.8 Å². The van der Waals surface area contributed by atoms with E-state index in [1.165, 1.54) is 33.3 Å². The molecular formula is C32H48N3O11P. The number of primary amides is 1. The number of aliphatic hydroxyl groups excluding tert-OH is 1. The van der Waals surface area contributed by atoms with Gasteiger partial charge in [-0.15, -0.1) is 0 Å². The summed E-state index contributed by atoms with van der Waals surface area (Å²) in [6.07, 6.45) is 3.43. The van der Waals surface area contributed by atoms with Gasteiger partial charge in [0.25, 0.3) is 5.91 Å². The minimum atomic E-state index is -4.17. The Morgan fingerprint density at radius 3 is 2.40 bits per heavy atom. The van der Waals surface area contributed by atoms with Crippen LogP contribution in [0.4, 0.5) is 4.79 Å². The van der Waals surface area contributed by atoms with E-state index in [2.05, 4.69) is 10.6 Å². The summed E-state index contributed by atoms with van der Waals surface area (Å²) < 4.78 is 27.7. The molecule has 0 fully saturated rings. The predicted octanol–water partition coefficient (Wildman–Crippen LogP) is 2.31. The van der Waals surface area contributed by atoms with E-state index in [4.69, 9.17) is 29.7 Å². The lowest BCUT2D eigenvalue weighted by molar-refractivity contribution is -0.120. The molecule has 2 rings (SSSR count). The molecule has 0 saturated carbocycles. The number of carbonyl (C=O) groups is 4. The first kappa shape index (κ1) is 39.8. The van der Waals surface area contributed by atoms with Crippen LogP contribution in [0.2, 0.25) is 0 Å². The Balaban J connectivity index is 2.54. The predicted molar refractivity (Wildman–Crippen MR) is 174 cm³/mol. The minimum Gasteiger partial charge on any atom is -0.439 e. The number of allylic oxidation sites excluding steroid dienone is 4. The maximum absolute atomic E-state index is 13.7. The van der Waals surface area contributed by atoms with Gasteiger partial charge in [-0.05, 0) is 51.0 Å². The Morgan fingerprint density at radius 2 is 1.81 bits per heavy atom. The number of hydrogen-bond acceptors (Lipinski definition) is 10. The molecule has 7 N–H and O–H groups in total. The van der Waals surface area contributed by atoms with Crippen molar-refractivity contribution < 1.29 is 52.8 Å². The van der Waals surface area contributed by atoms with Crippen molar-refractivity contribution in [2.24, 2.45) is 17.6 Å². The van der Waals surface area contributed by atoms with Crippen LogP contribution < -0.4 is 16.4 Å². The van der Waals surface area contributed by atoms with Crippen LogP contribution in [0.15, 0.2) is 58.5 Å². The summed E-state index contributed by atoms with van der Waals surface area (Å²) in [7, 11) is -1.30. The second-order valence-electron chi connectivity index (χ2n) is 12.0. The van der Waals surface area contributed by atoms with Gasteiger partial charge in [-0.3, -0.25) is 18.9 Å². The lowest BCUT2D eigenvalue weighted by Crippen LogP contribution is -2.38. The lowest BCUT2D eigenvalue weighted by atomic mass is 9.85. The lowest BCUT2D eigenvalue weighted by Gasteiger charge is -2.30. The van der Waals surface area contributed by atoms with Crippen molar-refractivity contribution in [3.63, 3.8) is 0 Å². The third-order valence-electron chi connectivity index (χ3n) is 7.97. The van der Waals surface area contributed by atoms with Crippen LogP contribution >= 0.6 is 7.60 Å². The molecule has 6 atom stereocenters. The number of unbranched alkanes of at least 4 members (excludes halogenated alkanes) is 1. The number of aliphatic hydroxyl groups is 1. The Bertz CT molecular complexity index is 1380. The van der Waals surface area contributed by atoms with Crippen LogP contribution in [0.25, 0.3) is 0 Å². The van der Waals surface area contributed by atoms with Crippen molar-refractivity contribution in [3.8, 4) is 0 Å². The molecule has 1 heterocycles. The fourth-order valence-corrected chi connectivity index (χ4v) is 6.07. The van der Waals surface area contributed by atoms with Gasteiger partial charge in [-0.25, -0.2) is 4.79 Å². The van der Waals surface area contributed by atoms with Gasteiger partial charge < -0.3 is 45.5 Å². The smallest absolute Gasteiger partial charge is 0.405 e. The standard InChI is InChI=1S/C32H48N3O11P/c1-18-14-22-27(34-12-7-8-13-47(41,42)43)24(36)17-23(29(22)38)35-31(39)19(2)10-9-11-25(44-5)30(46-32(33)40)21(4)16-20(3)28(37)26(15-18)45-6/h9-11,16-18,20,25-26,28,30,34,37H,7-8,12-15H2,1-6H3,(H2,33,40)(H,35,39)(H2,41,42,43)/b11-9-,19-10+,21-16+/t18-,20+,25+,26+,28-,30+/m1/s1. The molecular weight excluding hydrogens is 633 g/mol. The number of ether oxygens (including phenoxy) is 3. The maximum Gasteiger partial charge on any atom is 0.405 e. The second kappa shape index (κ2) is 18.2. The van der Waals surface area contributed by atoms with Crippen molar-refractivity contribution in [2.45, 2.75) is 77.8 Å². The molecule has 2 aliphatic rings. The SMILES string of the molecule is CO[C@H]1/C=C\C=C(/C)C(=O)NC2=CC(=O)C(NCCCCP(=O)(O)O)=C(C[C@@H](C)C[C@H](OC)[C@H](O)[C@@H](C)/C=C(\C)[C@@H]1OC(N)=O)C2=O. The molecule has 15 heteroatoms. The van der Waals surface area contributed by atoms with Gasteiger partial charge in [0.05, 0.1) is 23.6 Å². The second-order valence-corrected chi connectivity index (χ2v) is 13.7. The zero-order chi connectivity index (χ0) is 35.5. The highest BCUT2D eigenvalue weighted by atomic mass is 31.2. The Kier molecular flexibility index (Phi) is 15.4. The largest absolute Gasteiger partial charge is 0.439 e. The average molecular weight is 682 g/mol. The summed E-state index contributed by atoms with van der Waals surface area (Å²) in [5, 5.41) is 16.8. The first-order valence-electron chi connectivity index (χ1n) is 15.4. The zero-order valence-electron chi connectivity index (χ0n) is 27.7. The summed E-state index contributed by atoms with van der Waals surface area (Å²) in [4.78, 5) is 70.1. The first-order chi connectivity index (χ1) is 22.0. The van der Waals surface area contributed by atoms with Crippen LogP contribution in [0.1, 0.15) is 53.4 Å². The van der Waals surface area contributed by atoms with Crippen molar-refractivity contribution in [2.75, 3.05) is 26.9 Å². The number of ketones is 2. The van der Waals surface area contributed by atoms with Crippen molar-refractivity contribution in [3.05, 3.63) is 58.5 Å². The van der Waals surface area contributed by atoms with Gasteiger partial charge >= 0.3 is 13.7 Å². The maximum atomic E-state index is 13.7. The van der Waals surface area contributed by atoms with Crippen LogP contribution in [0.3, 0.4) is 0 Å². The molecule has 0 radical (unpaired) electrons. The normalized spacial score (nSPS) is 30.0. The van der Waals surface area contributed by atoms with E-state index in [0.717, 1.165) is 6.08 Å². The average Bonchev–Trinajstić information content (AvgIpc) is 2.98.